The summed E-state index contributed by atoms with van der Waals surface area (Å²) in [6.07, 6.45) is 23.1. The second kappa shape index (κ2) is 15.3. The number of aliphatic hydroxyl groups excluding tert-OH is 1. The van der Waals surface area contributed by atoms with Gasteiger partial charge in [-0.05, 0) is 33.1 Å². The van der Waals surface area contributed by atoms with Crippen LogP contribution < -0.4 is 0 Å². The summed E-state index contributed by atoms with van der Waals surface area (Å²) in [6.45, 7) is 9.05. The van der Waals surface area contributed by atoms with E-state index in [-0.39, 0.29) is 6.23 Å². The third-order valence-corrected chi connectivity index (χ3v) is 6.34. The van der Waals surface area contributed by atoms with Crippen molar-refractivity contribution in [2.45, 2.75) is 117 Å². The van der Waals surface area contributed by atoms with Crippen LogP contribution in [0.5, 0.6) is 0 Å². The molecule has 2 atom stereocenters. The van der Waals surface area contributed by atoms with Gasteiger partial charge in [-0.25, -0.2) is 4.99 Å². The van der Waals surface area contributed by atoms with Crippen molar-refractivity contribution < 1.29 is 9.59 Å². The van der Waals surface area contributed by atoms with Gasteiger partial charge in [0.25, 0.3) is 0 Å². The molecule has 0 bridgehead atoms. The van der Waals surface area contributed by atoms with Crippen LogP contribution in [0.2, 0.25) is 0 Å². The Labute approximate surface area is 169 Å². The average Bonchev–Trinajstić information content (AvgIpc) is 3.09. The van der Waals surface area contributed by atoms with Crippen molar-refractivity contribution in [1.29, 1.82) is 0 Å². The van der Waals surface area contributed by atoms with Crippen LogP contribution >= 0.6 is 0 Å². The molecule has 1 rings (SSSR count). The predicted octanol–water partition coefficient (Wildman–Crippen LogP) is 6.61. The van der Waals surface area contributed by atoms with Gasteiger partial charge in [-0.15, -0.1) is 0 Å². The lowest BCUT2D eigenvalue weighted by Gasteiger charge is -2.36. The van der Waals surface area contributed by atoms with Gasteiger partial charge in [0.05, 0.1) is 13.1 Å². The molecule has 0 radical (unpaired) electrons. The van der Waals surface area contributed by atoms with Crippen LogP contribution in [0.25, 0.3) is 0 Å². The van der Waals surface area contributed by atoms with Gasteiger partial charge in [0.1, 0.15) is 6.54 Å². The molecule has 0 saturated heterocycles. The largest absolute Gasteiger partial charge is 0.345 e. The number of rotatable bonds is 17. The molecule has 0 fully saturated rings. The van der Waals surface area contributed by atoms with Crippen molar-refractivity contribution in [2.75, 3.05) is 19.6 Å². The maximum Gasteiger partial charge on any atom is 0.200 e. The zero-order valence-corrected chi connectivity index (χ0v) is 18.6. The minimum atomic E-state index is -0.315. The van der Waals surface area contributed by atoms with Crippen LogP contribution in [-0.2, 0) is 0 Å². The number of aliphatic imine (C=N–C) groups is 1. The van der Waals surface area contributed by atoms with E-state index in [0.717, 1.165) is 30.5 Å². The molecule has 0 spiro atoms. The molecular weight excluding hydrogens is 332 g/mol. The second-order valence-electron chi connectivity index (χ2n) is 8.35. The summed E-state index contributed by atoms with van der Waals surface area (Å²) in [6, 6.07) is 0. The molecule has 1 N–H and O–H groups in total. The third kappa shape index (κ3) is 9.38. The van der Waals surface area contributed by atoms with Gasteiger partial charge >= 0.3 is 0 Å². The van der Waals surface area contributed by atoms with Crippen LogP contribution in [0, 0.1) is 0 Å². The average molecular weight is 380 g/mol. The summed E-state index contributed by atoms with van der Waals surface area (Å²) in [7, 11) is 0. The quantitative estimate of drug-likeness (QED) is 0.172. The molecule has 0 aromatic heterocycles. The normalized spacial score (nSPS) is 21.1. The Balaban J connectivity index is 1.91. The Hall–Kier alpha value is -0.670. The second-order valence-corrected chi connectivity index (χ2v) is 8.35. The first kappa shape index (κ1) is 24.4. The summed E-state index contributed by atoms with van der Waals surface area (Å²) in [5, 5.41) is 10.2. The Morgan fingerprint density at radius 1 is 0.926 bits per heavy atom. The van der Waals surface area contributed by atoms with Crippen LogP contribution in [0.4, 0.5) is 0 Å². The fourth-order valence-corrected chi connectivity index (χ4v) is 4.42. The van der Waals surface area contributed by atoms with Crippen LogP contribution in [0.3, 0.4) is 0 Å². The minimum Gasteiger partial charge on any atom is -0.345 e. The number of quaternary nitrogens is 1. The molecule has 0 aromatic carbocycles. The number of hydrogen-bond acceptors (Lipinski definition) is 2. The van der Waals surface area contributed by atoms with Crippen LogP contribution in [0.1, 0.15) is 111 Å². The lowest BCUT2D eigenvalue weighted by molar-refractivity contribution is -0.882. The SMILES string of the molecule is C/C=C/CCCCCCCCCCCCCCC1=NCC[N+]1(CC)C(C)O. The molecule has 27 heavy (non-hydrogen) atoms. The molecule has 3 heteroatoms. The van der Waals surface area contributed by atoms with Gasteiger partial charge in [0, 0.05) is 13.3 Å². The number of aliphatic hydroxyl groups is 1. The summed E-state index contributed by atoms with van der Waals surface area (Å²) in [5.41, 5.74) is 0. The molecule has 0 amide bonds. The van der Waals surface area contributed by atoms with Crippen molar-refractivity contribution in [2.24, 2.45) is 4.99 Å². The van der Waals surface area contributed by atoms with E-state index >= 15 is 0 Å². The Morgan fingerprint density at radius 2 is 1.44 bits per heavy atom. The zero-order valence-electron chi connectivity index (χ0n) is 18.6. The van der Waals surface area contributed by atoms with Gasteiger partial charge in [-0.3, -0.25) is 4.48 Å². The van der Waals surface area contributed by atoms with Crippen molar-refractivity contribution >= 4 is 5.84 Å². The highest BCUT2D eigenvalue weighted by Crippen LogP contribution is 2.23. The van der Waals surface area contributed by atoms with E-state index in [1.54, 1.807) is 0 Å². The lowest BCUT2D eigenvalue weighted by atomic mass is 10.0. The number of nitrogens with zero attached hydrogens (tertiary/aromatic N) is 2. The fraction of sp³-hybridized carbons (Fsp3) is 0.875. The summed E-state index contributed by atoms with van der Waals surface area (Å²) < 4.78 is 0.718. The Bertz CT molecular complexity index is 417. The summed E-state index contributed by atoms with van der Waals surface area (Å²) >= 11 is 0. The number of amidine groups is 1. The van der Waals surface area contributed by atoms with Crippen molar-refractivity contribution in [1.82, 2.24) is 0 Å². The van der Waals surface area contributed by atoms with E-state index in [9.17, 15) is 5.11 Å². The summed E-state index contributed by atoms with van der Waals surface area (Å²) in [5.74, 6) is 1.25. The number of hydrogen-bond donors (Lipinski definition) is 1. The van der Waals surface area contributed by atoms with E-state index in [2.05, 4.69) is 26.0 Å². The van der Waals surface area contributed by atoms with E-state index < -0.39 is 0 Å². The lowest BCUT2D eigenvalue weighted by Crippen LogP contribution is -2.56. The van der Waals surface area contributed by atoms with Crippen LogP contribution in [-0.4, -0.2) is 41.3 Å². The smallest absolute Gasteiger partial charge is 0.200 e. The molecule has 0 saturated carbocycles. The molecule has 1 aliphatic rings. The van der Waals surface area contributed by atoms with E-state index in [1.807, 2.05) is 6.92 Å². The first-order valence-electron chi connectivity index (χ1n) is 11.9. The number of allylic oxidation sites excluding steroid dienone is 2. The van der Waals surface area contributed by atoms with E-state index in [0.29, 0.717) is 0 Å². The maximum atomic E-state index is 10.2. The van der Waals surface area contributed by atoms with Gasteiger partial charge in [0.15, 0.2) is 6.23 Å². The van der Waals surface area contributed by atoms with E-state index in [4.69, 9.17) is 4.99 Å². The third-order valence-electron chi connectivity index (χ3n) is 6.34. The van der Waals surface area contributed by atoms with Crippen molar-refractivity contribution in [3.05, 3.63) is 12.2 Å². The molecule has 0 aromatic rings. The topological polar surface area (TPSA) is 32.6 Å². The highest BCUT2D eigenvalue weighted by Gasteiger charge is 2.40. The molecule has 0 aliphatic carbocycles. The van der Waals surface area contributed by atoms with Crippen LogP contribution in [0.15, 0.2) is 17.1 Å². The Kier molecular flexibility index (Phi) is 13.8. The molecule has 3 nitrogen and oxygen atoms in total. The maximum absolute atomic E-state index is 10.2. The van der Waals surface area contributed by atoms with Gasteiger partial charge < -0.3 is 5.11 Å². The fourth-order valence-electron chi connectivity index (χ4n) is 4.42. The van der Waals surface area contributed by atoms with Gasteiger partial charge in [-0.1, -0.05) is 76.4 Å². The highest BCUT2D eigenvalue weighted by molar-refractivity contribution is 5.76. The summed E-state index contributed by atoms with van der Waals surface area (Å²) in [4.78, 5) is 4.71. The molecule has 1 heterocycles. The zero-order chi connectivity index (χ0) is 19.8. The molecular formula is C24H47N2O+. The monoisotopic (exact) mass is 379 g/mol. The predicted molar refractivity (Wildman–Crippen MR) is 119 cm³/mol. The standard InChI is InChI=1S/C24H47N2O/c1-4-6-7-8-9-10-11-12-13-14-15-16-17-18-19-20-24-25-21-22-26(24,5-2)23(3)27/h4,6,23,27H,5,7-22H2,1-3H3/q+1/b6-4+. The van der Waals surface area contributed by atoms with Crippen molar-refractivity contribution in [3.63, 3.8) is 0 Å². The first-order chi connectivity index (χ1) is 13.2. The minimum absolute atomic E-state index is 0.315. The van der Waals surface area contributed by atoms with Crippen molar-refractivity contribution in [3.8, 4) is 0 Å². The van der Waals surface area contributed by atoms with E-state index in [1.165, 1.54) is 89.3 Å². The Morgan fingerprint density at radius 3 is 1.93 bits per heavy atom. The number of likely N-dealkylation sites (N-methyl/N-ethyl adjacent to an activating group) is 1. The molecule has 1 aliphatic heterocycles. The van der Waals surface area contributed by atoms with Gasteiger partial charge in [0.2, 0.25) is 5.84 Å². The molecule has 2 unspecified atom stereocenters. The highest BCUT2D eigenvalue weighted by atomic mass is 16.3. The first-order valence-corrected chi connectivity index (χ1v) is 11.9. The van der Waals surface area contributed by atoms with Gasteiger partial charge in [-0.2, -0.15) is 0 Å². The number of unbranched alkanes of at least 4 members (excludes halogenated alkanes) is 12. The molecule has 158 valence electrons.